The van der Waals surface area contributed by atoms with E-state index >= 15 is 0 Å². The molecule has 0 spiro atoms. The number of hydrogen-bond donors (Lipinski definition) is 1. The third-order valence-corrected chi connectivity index (χ3v) is 4.71. The van der Waals surface area contributed by atoms with E-state index in [0.29, 0.717) is 16.6 Å². The molecule has 2 N–H and O–H groups in total. The summed E-state index contributed by atoms with van der Waals surface area (Å²) in [6.07, 6.45) is 0. The number of thiophene rings is 1. The Kier molecular flexibility index (Phi) is 4.34. The second-order valence-electron chi connectivity index (χ2n) is 3.57. The highest BCUT2D eigenvalue weighted by Gasteiger charge is 2.18. The first-order chi connectivity index (χ1) is 8.13. The number of benzene rings is 1. The third kappa shape index (κ3) is 2.78. The first-order valence-electron chi connectivity index (χ1n) is 5.02. The Morgan fingerprint density at radius 1 is 1.12 bits per heavy atom. The summed E-state index contributed by atoms with van der Waals surface area (Å²) in [5.74, 6) is 0.0405. The van der Waals surface area contributed by atoms with Gasteiger partial charge in [0.15, 0.2) is 0 Å². The molecule has 0 fully saturated rings. The molecular formula is C12H10Cl3NS. The van der Waals surface area contributed by atoms with Gasteiger partial charge in [-0.05, 0) is 23.8 Å². The van der Waals surface area contributed by atoms with Gasteiger partial charge in [0.05, 0.1) is 14.4 Å². The number of hydrogen-bond acceptors (Lipinski definition) is 2. The largest absolute Gasteiger partial charge is 0.329 e. The van der Waals surface area contributed by atoms with Gasteiger partial charge >= 0.3 is 0 Å². The molecule has 0 radical (unpaired) electrons. The molecule has 1 unspecified atom stereocenters. The lowest BCUT2D eigenvalue weighted by Gasteiger charge is -2.15. The predicted octanol–water partition coefficient (Wildman–Crippen LogP) is 4.80. The molecule has 1 nitrogen and oxygen atoms in total. The molecule has 0 saturated heterocycles. The summed E-state index contributed by atoms with van der Waals surface area (Å²) in [5, 5.41) is 1.11. The molecule has 0 amide bonds. The molecule has 90 valence electrons. The zero-order valence-corrected chi connectivity index (χ0v) is 11.9. The van der Waals surface area contributed by atoms with Gasteiger partial charge in [-0.1, -0.05) is 46.9 Å². The van der Waals surface area contributed by atoms with Crippen LogP contribution in [0.25, 0.3) is 0 Å². The van der Waals surface area contributed by atoms with Crippen LogP contribution in [0.1, 0.15) is 16.4 Å². The third-order valence-electron chi connectivity index (χ3n) is 2.53. The molecule has 1 heterocycles. The van der Waals surface area contributed by atoms with Crippen LogP contribution in [0.2, 0.25) is 14.4 Å². The molecule has 1 aromatic carbocycles. The van der Waals surface area contributed by atoms with Crippen molar-refractivity contribution in [1.82, 2.24) is 0 Å². The maximum Gasteiger partial charge on any atom is 0.0931 e. The topological polar surface area (TPSA) is 26.0 Å². The maximum absolute atomic E-state index is 6.21. The SMILES string of the molecule is NCC(c1ccc(Cl)s1)c1cccc(Cl)c1Cl. The van der Waals surface area contributed by atoms with Crippen LogP contribution in [0, 0.1) is 0 Å². The first-order valence-corrected chi connectivity index (χ1v) is 6.97. The molecule has 0 saturated carbocycles. The average Bonchev–Trinajstić information content (AvgIpc) is 2.72. The maximum atomic E-state index is 6.21. The van der Waals surface area contributed by atoms with Crippen molar-refractivity contribution >= 4 is 46.1 Å². The summed E-state index contributed by atoms with van der Waals surface area (Å²) < 4.78 is 0.747. The van der Waals surface area contributed by atoms with Crippen molar-refractivity contribution in [2.45, 2.75) is 5.92 Å². The van der Waals surface area contributed by atoms with Crippen LogP contribution in [0.4, 0.5) is 0 Å². The minimum absolute atomic E-state index is 0.0405. The minimum Gasteiger partial charge on any atom is -0.329 e. The van der Waals surface area contributed by atoms with E-state index in [2.05, 4.69) is 0 Å². The molecule has 0 bridgehead atoms. The van der Waals surface area contributed by atoms with Crippen LogP contribution in [0.3, 0.4) is 0 Å². The Labute approximate surface area is 119 Å². The Bertz CT molecular complexity index is 524. The fourth-order valence-electron chi connectivity index (χ4n) is 1.70. The molecule has 2 aromatic rings. The molecule has 0 aliphatic rings. The molecule has 5 heteroatoms. The quantitative estimate of drug-likeness (QED) is 0.866. The van der Waals surface area contributed by atoms with Crippen molar-refractivity contribution in [3.8, 4) is 0 Å². The monoisotopic (exact) mass is 305 g/mol. The van der Waals surface area contributed by atoms with Gasteiger partial charge < -0.3 is 5.73 Å². The van der Waals surface area contributed by atoms with Crippen LogP contribution < -0.4 is 5.73 Å². The highest BCUT2D eigenvalue weighted by atomic mass is 35.5. The standard InChI is InChI=1S/C12H10Cl3NS/c13-9-3-1-2-7(12(9)15)8(6-16)10-4-5-11(14)17-10/h1-5,8H,6,16H2. The number of nitrogens with two attached hydrogens (primary N) is 1. The molecule has 0 aliphatic heterocycles. The van der Waals surface area contributed by atoms with E-state index in [1.54, 1.807) is 6.07 Å². The Balaban J connectivity index is 2.45. The normalized spacial score (nSPS) is 12.7. The van der Waals surface area contributed by atoms with E-state index in [4.69, 9.17) is 40.5 Å². The predicted molar refractivity (Wildman–Crippen MR) is 76.7 cm³/mol. The van der Waals surface area contributed by atoms with E-state index in [0.717, 1.165) is 14.8 Å². The lowest BCUT2D eigenvalue weighted by Crippen LogP contribution is -2.13. The van der Waals surface area contributed by atoms with Crippen LogP contribution in [-0.2, 0) is 0 Å². The Hall–Kier alpha value is -0.250. The van der Waals surface area contributed by atoms with E-state index in [9.17, 15) is 0 Å². The molecule has 17 heavy (non-hydrogen) atoms. The molecule has 1 atom stereocenters. The van der Waals surface area contributed by atoms with Crippen molar-refractivity contribution in [3.05, 3.63) is 55.2 Å². The van der Waals surface area contributed by atoms with Crippen molar-refractivity contribution in [2.24, 2.45) is 5.73 Å². The van der Waals surface area contributed by atoms with Gasteiger partial charge in [0.1, 0.15) is 0 Å². The van der Waals surface area contributed by atoms with Crippen molar-refractivity contribution in [3.63, 3.8) is 0 Å². The highest BCUT2D eigenvalue weighted by Crippen LogP contribution is 2.37. The zero-order valence-electron chi connectivity index (χ0n) is 8.79. The van der Waals surface area contributed by atoms with Crippen LogP contribution in [0.15, 0.2) is 30.3 Å². The first kappa shape index (κ1) is 13.2. The summed E-state index contributed by atoms with van der Waals surface area (Å²) in [6, 6.07) is 9.42. The lowest BCUT2D eigenvalue weighted by molar-refractivity contribution is 0.836. The molecule has 0 aliphatic carbocycles. The van der Waals surface area contributed by atoms with Gasteiger partial charge in [0, 0.05) is 17.3 Å². The second-order valence-corrected chi connectivity index (χ2v) is 6.11. The fourth-order valence-corrected chi connectivity index (χ4v) is 3.33. The van der Waals surface area contributed by atoms with E-state index < -0.39 is 0 Å². The second kappa shape index (κ2) is 5.59. The van der Waals surface area contributed by atoms with Crippen molar-refractivity contribution in [1.29, 1.82) is 0 Å². The number of rotatable bonds is 3. The summed E-state index contributed by atoms with van der Waals surface area (Å²) in [7, 11) is 0. The summed E-state index contributed by atoms with van der Waals surface area (Å²) in [6.45, 7) is 0.469. The van der Waals surface area contributed by atoms with Gasteiger partial charge in [-0.3, -0.25) is 0 Å². The minimum atomic E-state index is 0.0405. The summed E-state index contributed by atoms with van der Waals surface area (Å²) >= 11 is 19.7. The Morgan fingerprint density at radius 3 is 2.47 bits per heavy atom. The van der Waals surface area contributed by atoms with Crippen molar-refractivity contribution in [2.75, 3.05) is 6.54 Å². The van der Waals surface area contributed by atoms with E-state index in [1.165, 1.54) is 11.3 Å². The van der Waals surface area contributed by atoms with Gasteiger partial charge in [0.25, 0.3) is 0 Å². The smallest absolute Gasteiger partial charge is 0.0931 e. The van der Waals surface area contributed by atoms with Crippen molar-refractivity contribution < 1.29 is 0 Å². The fraction of sp³-hybridized carbons (Fsp3) is 0.167. The lowest BCUT2D eigenvalue weighted by atomic mass is 9.97. The van der Waals surface area contributed by atoms with Gasteiger partial charge in [-0.25, -0.2) is 0 Å². The molecular weight excluding hydrogens is 297 g/mol. The summed E-state index contributed by atoms with van der Waals surface area (Å²) in [4.78, 5) is 1.10. The van der Waals surface area contributed by atoms with Crippen LogP contribution in [0.5, 0.6) is 0 Å². The highest BCUT2D eigenvalue weighted by molar-refractivity contribution is 7.16. The molecule has 1 aromatic heterocycles. The average molecular weight is 307 g/mol. The van der Waals surface area contributed by atoms with Crippen LogP contribution >= 0.6 is 46.1 Å². The zero-order chi connectivity index (χ0) is 12.4. The van der Waals surface area contributed by atoms with Gasteiger partial charge in [0.2, 0.25) is 0 Å². The number of halogens is 3. The van der Waals surface area contributed by atoms with Gasteiger partial charge in [-0.15, -0.1) is 11.3 Å². The Morgan fingerprint density at radius 2 is 1.88 bits per heavy atom. The molecule has 2 rings (SSSR count). The van der Waals surface area contributed by atoms with Crippen LogP contribution in [-0.4, -0.2) is 6.54 Å². The van der Waals surface area contributed by atoms with E-state index in [1.807, 2.05) is 24.3 Å². The summed E-state index contributed by atoms with van der Waals surface area (Å²) in [5.41, 5.74) is 6.77. The van der Waals surface area contributed by atoms with E-state index in [-0.39, 0.29) is 5.92 Å². The van der Waals surface area contributed by atoms with Gasteiger partial charge in [-0.2, -0.15) is 0 Å².